The molecule has 2 aromatic rings. The monoisotopic (exact) mass is 319 g/mol. The molecule has 21 heavy (non-hydrogen) atoms. The highest BCUT2D eigenvalue weighted by Gasteiger charge is 2.31. The number of hydrogen-bond acceptors (Lipinski definition) is 3. The summed E-state index contributed by atoms with van der Waals surface area (Å²) in [6.45, 7) is 2.51. The highest BCUT2D eigenvalue weighted by molar-refractivity contribution is 7.92. The summed E-state index contributed by atoms with van der Waals surface area (Å²) >= 11 is 1.71. The minimum absolute atomic E-state index is 0.0922. The second kappa shape index (κ2) is 5.75. The Labute approximate surface area is 129 Å². The maximum atomic E-state index is 12.5. The van der Waals surface area contributed by atoms with Crippen LogP contribution in [-0.2, 0) is 16.4 Å². The van der Waals surface area contributed by atoms with Crippen molar-refractivity contribution in [3.63, 3.8) is 0 Å². The molecule has 1 aromatic carbocycles. The van der Waals surface area contributed by atoms with Crippen LogP contribution in [0.15, 0.2) is 47.2 Å². The van der Waals surface area contributed by atoms with Gasteiger partial charge in [0.25, 0.3) is 0 Å². The quantitative estimate of drug-likeness (QED) is 0.865. The molecule has 5 heteroatoms. The summed E-state index contributed by atoms with van der Waals surface area (Å²) in [4.78, 5) is 1.31. The van der Waals surface area contributed by atoms with Gasteiger partial charge in [0.15, 0.2) is 0 Å². The van der Waals surface area contributed by atoms with Crippen LogP contribution in [-0.4, -0.2) is 19.3 Å². The summed E-state index contributed by atoms with van der Waals surface area (Å²) < 4.78 is 26.7. The van der Waals surface area contributed by atoms with Crippen LogP contribution in [0.25, 0.3) is 6.08 Å². The number of rotatable bonds is 3. The topological polar surface area (TPSA) is 37.4 Å². The van der Waals surface area contributed by atoms with Gasteiger partial charge in [-0.2, -0.15) is 4.31 Å². The molecule has 0 saturated heterocycles. The number of hydrogen-bond donors (Lipinski definition) is 0. The molecule has 1 aromatic heterocycles. The van der Waals surface area contributed by atoms with Crippen LogP contribution in [0, 0.1) is 0 Å². The molecule has 0 N–H and O–H groups in total. The van der Waals surface area contributed by atoms with Gasteiger partial charge in [-0.05, 0) is 42.0 Å². The Kier molecular flexibility index (Phi) is 3.97. The second-order valence-corrected chi connectivity index (χ2v) is 7.87. The van der Waals surface area contributed by atoms with Crippen molar-refractivity contribution in [2.75, 3.05) is 6.54 Å². The highest BCUT2D eigenvalue weighted by atomic mass is 32.2. The molecule has 0 spiro atoms. The minimum atomic E-state index is -3.39. The molecule has 110 valence electrons. The van der Waals surface area contributed by atoms with Crippen LogP contribution in [0.2, 0.25) is 0 Å². The Morgan fingerprint density at radius 1 is 1.24 bits per heavy atom. The lowest BCUT2D eigenvalue weighted by Crippen LogP contribution is -2.37. The Bertz CT molecular complexity index is 748. The highest BCUT2D eigenvalue weighted by Crippen LogP contribution is 2.34. The summed E-state index contributed by atoms with van der Waals surface area (Å²) in [5, 5.41) is 3.35. The van der Waals surface area contributed by atoms with Crippen LogP contribution < -0.4 is 0 Å². The van der Waals surface area contributed by atoms with Crippen molar-refractivity contribution in [2.45, 2.75) is 19.4 Å². The second-order valence-electron chi connectivity index (χ2n) is 5.09. The van der Waals surface area contributed by atoms with E-state index >= 15 is 0 Å². The average Bonchev–Trinajstić information content (AvgIpc) is 2.96. The molecular formula is C16H17NO2S2. The number of nitrogens with zero attached hydrogens (tertiary/aromatic N) is 1. The summed E-state index contributed by atoms with van der Waals surface area (Å²) in [7, 11) is -3.39. The Hall–Kier alpha value is -1.43. The molecule has 0 fully saturated rings. The van der Waals surface area contributed by atoms with E-state index < -0.39 is 10.0 Å². The zero-order valence-corrected chi connectivity index (χ0v) is 13.4. The lowest BCUT2D eigenvalue weighted by molar-refractivity contribution is 0.333. The zero-order chi connectivity index (χ0) is 14.9. The lowest BCUT2D eigenvalue weighted by Gasteiger charge is -2.31. The fraction of sp³-hybridized carbons (Fsp3) is 0.250. The third-order valence-corrected chi connectivity index (χ3v) is 6.41. The largest absolute Gasteiger partial charge is 0.236 e. The maximum absolute atomic E-state index is 12.5. The molecule has 0 saturated carbocycles. The molecule has 0 aliphatic carbocycles. The molecule has 0 bridgehead atoms. The zero-order valence-electron chi connectivity index (χ0n) is 11.8. The van der Waals surface area contributed by atoms with E-state index in [9.17, 15) is 8.42 Å². The normalized spacial score (nSPS) is 19.8. The van der Waals surface area contributed by atoms with E-state index in [-0.39, 0.29) is 6.04 Å². The van der Waals surface area contributed by atoms with E-state index in [1.807, 2.05) is 48.7 Å². The van der Waals surface area contributed by atoms with Gasteiger partial charge in [-0.15, -0.1) is 11.3 Å². The van der Waals surface area contributed by atoms with Gasteiger partial charge in [0.2, 0.25) is 10.0 Å². The van der Waals surface area contributed by atoms with Gasteiger partial charge in [0.05, 0.1) is 0 Å². The Morgan fingerprint density at radius 3 is 2.76 bits per heavy atom. The van der Waals surface area contributed by atoms with E-state index in [0.717, 1.165) is 17.5 Å². The molecule has 1 atom stereocenters. The van der Waals surface area contributed by atoms with Gasteiger partial charge in [-0.3, -0.25) is 0 Å². The van der Waals surface area contributed by atoms with E-state index in [0.29, 0.717) is 6.54 Å². The summed E-state index contributed by atoms with van der Waals surface area (Å²) in [5.74, 6) is 0. The van der Waals surface area contributed by atoms with Gasteiger partial charge in [-0.25, -0.2) is 8.42 Å². The number of fused-ring (bicyclic) bond motifs is 1. The SMILES string of the molecule is CC1c2ccsc2CCN1S(=O)(=O)C=Cc1ccccc1. The van der Waals surface area contributed by atoms with Crippen LogP contribution in [0.5, 0.6) is 0 Å². The average molecular weight is 319 g/mol. The van der Waals surface area contributed by atoms with Crippen molar-refractivity contribution < 1.29 is 8.42 Å². The molecule has 1 unspecified atom stereocenters. The fourth-order valence-electron chi connectivity index (χ4n) is 2.64. The van der Waals surface area contributed by atoms with Crippen molar-refractivity contribution in [1.29, 1.82) is 0 Å². The first-order chi connectivity index (χ1) is 10.1. The Morgan fingerprint density at radius 2 is 2.00 bits per heavy atom. The first kappa shape index (κ1) is 14.5. The summed E-state index contributed by atoms with van der Waals surface area (Å²) in [5.41, 5.74) is 2.03. The van der Waals surface area contributed by atoms with Gasteiger partial charge in [0, 0.05) is 22.9 Å². The molecule has 1 aliphatic rings. The van der Waals surface area contributed by atoms with E-state index in [1.165, 1.54) is 10.3 Å². The molecular weight excluding hydrogens is 302 g/mol. The van der Waals surface area contributed by atoms with E-state index in [1.54, 1.807) is 21.7 Å². The molecule has 1 aliphatic heterocycles. The van der Waals surface area contributed by atoms with Gasteiger partial charge < -0.3 is 0 Å². The minimum Gasteiger partial charge on any atom is -0.207 e. The predicted molar refractivity (Wildman–Crippen MR) is 87.5 cm³/mol. The van der Waals surface area contributed by atoms with Crippen LogP contribution in [0.1, 0.15) is 29.0 Å². The molecule has 0 amide bonds. The molecule has 3 rings (SSSR count). The standard InChI is InChI=1S/C16H17NO2S2/c1-13-15-8-11-20-16(15)7-10-17(13)21(18,19)12-9-14-5-3-2-4-6-14/h2-6,8-9,11-13H,7,10H2,1H3. The van der Waals surface area contributed by atoms with Crippen LogP contribution in [0.3, 0.4) is 0 Å². The van der Waals surface area contributed by atoms with Crippen molar-refractivity contribution in [3.05, 3.63) is 63.2 Å². The Balaban J connectivity index is 1.85. The number of benzene rings is 1. The van der Waals surface area contributed by atoms with Crippen molar-refractivity contribution >= 4 is 27.4 Å². The smallest absolute Gasteiger partial charge is 0.207 e. The maximum Gasteiger partial charge on any atom is 0.236 e. The predicted octanol–water partition coefficient (Wildman–Crippen LogP) is 3.67. The third-order valence-electron chi connectivity index (χ3n) is 3.78. The van der Waals surface area contributed by atoms with Crippen molar-refractivity contribution in [3.8, 4) is 0 Å². The third kappa shape index (κ3) is 2.95. The van der Waals surface area contributed by atoms with Crippen molar-refractivity contribution in [2.24, 2.45) is 0 Å². The summed E-state index contributed by atoms with van der Waals surface area (Å²) in [6.07, 6.45) is 2.46. The van der Waals surface area contributed by atoms with E-state index in [2.05, 4.69) is 0 Å². The van der Waals surface area contributed by atoms with Gasteiger partial charge in [0.1, 0.15) is 0 Å². The molecule has 3 nitrogen and oxygen atoms in total. The lowest BCUT2D eigenvalue weighted by atomic mass is 10.0. The molecule has 0 radical (unpaired) electrons. The van der Waals surface area contributed by atoms with Gasteiger partial charge >= 0.3 is 0 Å². The summed E-state index contributed by atoms with van der Waals surface area (Å²) in [6, 6.07) is 11.4. The van der Waals surface area contributed by atoms with Crippen LogP contribution in [0.4, 0.5) is 0 Å². The molecule has 2 heterocycles. The van der Waals surface area contributed by atoms with Gasteiger partial charge in [-0.1, -0.05) is 30.3 Å². The first-order valence-corrected chi connectivity index (χ1v) is 9.27. The van der Waals surface area contributed by atoms with Crippen LogP contribution >= 0.6 is 11.3 Å². The fourth-order valence-corrected chi connectivity index (χ4v) is 4.99. The van der Waals surface area contributed by atoms with E-state index in [4.69, 9.17) is 0 Å². The number of sulfonamides is 1. The first-order valence-electron chi connectivity index (χ1n) is 6.89. The number of thiophene rings is 1. The van der Waals surface area contributed by atoms with Crippen molar-refractivity contribution in [1.82, 2.24) is 4.31 Å².